The lowest BCUT2D eigenvalue weighted by Gasteiger charge is -2.28. The summed E-state index contributed by atoms with van der Waals surface area (Å²) < 4.78 is 13.9. The van der Waals surface area contributed by atoms with Crippen molar-refractivity contribution in [2.45, 2.75) is 144 Å². The van der Waals surface area contributed by atoms with Crippen molar-refractivity contribution in [2.75, 3.05) is 0 Å². The first-order chi connectivity index (χ1) is 30.9. The van der Waals surface area contributed by atoms with Crippen molar-refractivity contribution in [2.24, 2.45) is 0 Å². The standard InChI is InChI=1S/C60H66N2O4/c1-57(2,3)49-25-41-21-45-29-51(59(7,8)9)31-47(55(45)65-35-39-17-13-37(33-61)14-18-39)23-43-27-50(58(4,5)6)28-44(54(43)64)24-48-32-52(60(10,11)12)30-46(22-42(26-49)53(41)63)56(48)66-36-40-19-15-38(34-62)16-20-40/h13-20,25-32,63-64H,21-24,35-36H2,1-12H3. The quantitative estimate of drug-likeness (QED) is 0.172. The van der Waals surface area contributed by atoms with E-state index in [1.165, 1.54) is 0 Å². The van der Waals surface area contributed by atoms with Crippen LogP contribution in [0.15, 0.2) is 97.1 Å². The lowest BCUT2D eigenvalue weighted by molar-refractivity contribution is 0.300. The van der Waals surface area contributed by atoms with E-state index >= 15 is 0 Å². The zero-order chi connectivity index (χ0) is 47.9. The number of aromatic hydroxyl groups is 2. The fourth-order valence-corrected chi connectivity index (χ4v) is 8.68. The van der Waals surface area contributed by atoms with Crippen LogP contribution in [-0.4, -0.2) is 10.2 Å². The Kier molecular flexibility index (Phi) is 13.0. The second-order valence-electron chi connectivity index (χ2n) is 22.4. The molecule has 2 N–H and O–H groups in total. The van der Waals surface area contributed by atoms with E-state index in [0.29, 0.717) is 36.8 Å². The monoisotopic (exact) mass is 879 g/mol. The van der Waals surface area contributed by atoms with E-state index in [9.17, 15) is 20.7 Å². The first-order valence-electron chi connectivity index (χ1n) is 23.2. The van der Waals surface area contributed by atoms with Crippen LogP contribution in [0.4, 0.5) is 0 Å². The lowest BCUT2D eigenvalue weighted by Crippen LogP contribution is -2.16. The molecule has 0 aliphatic heterocycles. The van der Waals surface area contributed by atoms with E-state index in [2.05, 4.69) is 144 Å². The zero-order valence-electron chi connectivity index (χ0n) is 41.1. The number of fused-ring (bicyclic) bond motifs is 8. The van der Waals surface area contributed by atoms with Crippen LogP contribution in [0.25, 0.3) is 0 Å². The molecule has 0 amide bonds. The Balaban J connectivity index is 1.53. The maximum absolute atomic E-state index is 12.6. The van der Waals surface area contributed by atoms with Gasteiger partial charge in [-0.3, -0.25) is 0 Å². The highest BCUT2D eigenvalue weighted by molar-refractivity contribution is 5.59. The molecule has 8 bridgehead atoms. The number of nitrogens with zero attached hydrogens (tertiary/aromatic N) is 2. The minimum Gasteiger partial charge on any atom is -0.507 e. The van der Waals surface area contributed by atoms with E-state index in [1.807, 2.05) is 48.5 Å². The number of hydrogen-bond donors (Lipinski definition) is 2. The van der Waals surface area contributed by atoms with Crippen molar-refractivity contribution in [1.82, 2.24) is 0 Å². The predicted molar refractivity (Wildman–Crippen MR) is 266 cm³/mol. The predicted octanol–water partition coefficient (Wildman–Crippen LogP) is 13.9. The average molecular weight is 879 g/mol. The summed E-state index contributed by atoms with van der Waals surface area (Å²) >= 11 is 0. The number of rotatable bonds is 6. The van der Waals surface area contributed by atoms with Crippen molar-refractivity contribution in [3.05, 3.63) is 186 Å². The summed E-state index contributed by atoms with van der Waals surface area (Å²) in [5, 5.41) is 44.3. The number of nitriles is 2. The van der Waals surface area contributed by atoms with E-state index in [0.717, 1.165) is 89.4 Å². The summed E-state index contributed by atoms with van der Waals surface area (Å²) in [6.07, 6.45) is 1.60. The zero-order valence-corrected chi connectivity index (χ0v) is 41.1. The highest BCUT2D eigenvalue weighted by atomic mass is 16.5. The number of phenols is 2. The van der Waals surface area contributed by atoms with Gasteiger partial charge in [0.1, 0.15) is 36.2 Å². The Morgan fingerprint density at radius 3 is 0.833 bits per heavy atom. The molecule has 66 heavy (non-hydrogen) atoms. The first-order valence-corrected chi connectivity index (χ1v) is 23.2. The number of phenolic OH excluding ortho intramolecular Hbond substituents is 2. The molecule has 7 rings (SSSR count). The topological polar surface area (TPSA) is 106 Å². The van der Waals surface area contributed by atoms with Gasteiger partial charge in [-0.15, -0.1) is 0 Å². The van der Waals surface area contributed by atoms with Crippen molar-refractivity contribution in [3.63, 3.8) is 0 Å². The number of ether oxygens (including phenoxy) is 2. The Hall–Kier alpha value is -6.50. The van der Waals surface area contributed by atoms with Crippen molar-refractivity contribution >= 4 is 0 Å². The molecule has 340 valence electrons. The smallest absolute Gasteiger partial charge is 0.126 e. The third-order valence-electron chi connectivity index (χ3n) is 12.9. The van der Waals surface area contributed by atoms with Gasteiger partial charge in [-0.25, -0.2) is 0 Å². The summed E-state index contributed by atoms with van der Waals surface area (Å²) in [6.45, 7) is 27.1. The van der Waals surface area contributed by atoms with Gasteiger partial charge in [-0.05, 0) is 124 Å². The molecule has 1 aliphatic carbocycles. The Morgan fingerprint density at radius 2 is 0.621 bits per heavy atom. The van der Waals surface area contributed by atoms with Gasteiger partial charge in [-0.1, -0.05) is 156 Å². The summed E-state index contributed by atoms with van der Waals surface area (Å²) in [6, 6.07) is 36.9. The number of hydrogen-bond acceptors (Lipinski definition) is 6. The van der Waals surface area contributed by atoms with Crippen LogP contribution < -0.4 is 9.47 Å². The molecule has 0 aromatic heterocycles. The van der Waals surface area contributed by atoms with Crippen LogP contribution in [0.1, 0.15) is 172 Å². The highest BCUT2D eigenvalue weighted by Crippen LogP contribution is 2.44. The molecule has 6 nitrogen and oxygen atoms in total. The van der Waals surface area contributed by atoms with E-state index in [-0.39, 0.29) is 46.4 Å². The van der Waals surface area contributed by atoms with E-state index in [4.69, 9.17) is 9.47 Å². The molecule has 0 saturated carbocycles. The maximum atomic E-state index is 12.6. The molecule has 6 aromatic carbocycles. The fraction of sp³-hybridized carbons (Fsp3) is 0.367. The van der Waals surface area contributed by atoms with Crippen LogP contribution in [0.3, 0.4) is 0 Å². The molecule has 6 heteroatoms. The van der Waals surface area contributed by atoms with Gasteiger partial charge in [0.2, 0.25) is 0 Å². The normalized spacial score (nSPS) is 13.1. The van der Waals surface area contributed by atoms with Crippen LogP contribution in [0.2, 0.25) is 0 Å². The lowest BCUT2D eigenvalue weighted by atomic mass is 9.79. The molecule has 6 aromatic rings. The van der Waals surface area contributed by atoms with E-state index < -0.39 is 0 Å². The molecule has 0 fully saturated rings. The molecular formula is C60H66N2O4. The third kappa shape index (κ3) is 10.6. The van der Waals surface area contributed by atoms with Crippen molar-refractivity contribution < 1.29 is 19.7 Å². The molecular weight excluding hydrogens is 813 g/mol. The van der Waals surface area contributed by atoms with Crippen molar-refractivity contribution in [1.29, 1.82) is 10.5 Å². The van der Waals surface area contributed by atoms with Crippen LogP contribution in [0.5, 0.6) is 23.0 Å². The summed E-state index contributed by atoms with van der Waals surface area (Å²) in [4.78, 5) is 0. The molecule has 0 radical (unpaired) electrons. The van der Waals surface area contributed by atoms with Crippen LogP contribution >= 0.6 is 0 Å². The summed E-state index contributed by atoms with van der Waals surface area (Å²) in [5.74, 6) is 1.94. The first kappa shape index (κ1) is 47.5. The van der Waals surface area contributed by atoms with Crippen molar-refractivity contribution in [3.8, 4) is 35.1 Å². The largest absolute Gasteiger partial charge is 0.507 e. The van der Waals surface area contributed by atoms with Gasteiger partial charge in [0, 0.05) is 25.7 Å². The Labute approximate surface area is 393 Å². The average Bonchev–Trinajstić information content (AvgIpc) is 3.24. The Bertz CT molecular complexity index is 2570. The van der Waals surface area contributed by atoms with Gasteiger partial charge in [0.25, 0.3) is 0 Å². The highest BCUT2D eigenvalue weighted by Gasteiger charge is 2.29. The third-order valence-corrected chi connectivity index (χ3v) is 12.9. The molecule has 0 atom stereocenters. The molecule has 0 spiro atoms. The maximum Gasteiger partial charge on any atom is 0.126 e. The molecule has 0 unspecified atom stereocenters. The van der Waals surface area contributed by atoms with E-state index in [1.54, 1.807) is 0 Å². The summed E-state index contributed by atoms with van der Waals surface area (Å²) in [7, 11) is 0. The molecule has 0 saturated heterocycles. The Morgan fingerprint density at radius 1 is 0.394 bits per heavy atom. The second kappa shape index (κ2) is 18.1. The SMILES string of the molecule is CC(C)(C)c1cc2c(O)c(c1)Cc1cc(C(C)(C)C)cc(c1OCc1ccc(C#N)cc1)Cc1cc(C(C)(C)C)cc(c1O)Cc1cc(C(C)(C)C)cc(c1OCc1ccc(C#N)cc1)C2. The molecule has 0 heterocycles. The van der Waals surface area contributed by atoms with Gasteiger partial charge >= 0.3 is 0 Å². The minimum atomic E-state index is -0.232. The minimum absolute atomic E-state index is 0.224. The van der Waals surface area contributed by atoms with Gasteiger partial charge in [0.05, 0.1) is 23.3 Å². The number of benzene rings is 6. The van der Waals surface area contributed by atoms with Gasteiger partial charge < -0.3 is 19.7 Å². The summed E-state index contributed by atoms with van der Waals surface area (Å²) in [5.41, 5.74) is 13.6. The van der Waals surface area contributed by atoms with Crippen LogP contribution in [0, 0.1) is 22.7 Å². The second-order valence-corrected chi connectivity index (χ2v) is 22.4. The van der Waals surface area contributed by atoms with Crippen LogP contribution in [-0.2, 0) is 60.6 Å². The fourth-order valence-electron chi connectivity index (χ4n) is 8.68. The van der Waals surface area contributed by atoms with Gasteiger partial charge in [0.15, 0.2) is 0 Å². The van der Waals surface area contributed by atoms with Gasteiger partial charge in [-0.2, -0.15) is 10.5 Å². The molecule has 1 aliphatic rings.